The molecular weight excluding hydrogens is 246 g/mol. The van der Waals surface area contributed by atoms with Gasteiger partial charge in [-0.3, -0.25) is 14.3 Å². The molecule has 0 saturated heterocycles. The molecule has 106 valence electrons. The Bertz CT molecular complexity index is 467. The number of nitrogens with two attached hydrogens (primary N) is 1. The molecule has 7 nitrogen and oxygen atoms in total. The summed E-state index contributed by atoms with van der Waals surface area (Å²) in [5, 5.41) is 3.94. The molecule has 0 radical (unpaired) electrons. The van der Waals surface area contributed by atoms with E-state index in [1.165, 1.54) is 20.7 Å². The van der Waals surface area contributed by atoms with E-state index in [4.69, 9.17) is 5.73 Å². The van der Waals surface area contributed by atoms with Crippen LogP contribution in [0.4, 0.5) is 5.82 Å². The fourth-order valence-corrected chi connectivity index (χ4v) is 1.61. The fourth-order valence-electron chi connectivity index (χ4n) is 1.61. The van der Waals surface area contributed by atoms with Crippen molar-refractivity contribution in [2.45, 2.75) is 13.3 Å². The summed E-state index contributed by atoms with van der Waals surface area (Å²) in [6, 6.07) is 0. The van der Waals surface area contributed by atoms with Gasteiger partial charge >= 0.3 is 0 Å². The number of rotatable bonds is 5. The molecule has 7 heteroatoms. The molecule has 0 bridgehead atoms. The highest BCUT2D eigenvalue weighted by Crippen LogP contribution is 2.13. The van der Waals surface area contributed by atoms with Crippen LogP contribution in [0.5, 0.6) is 0 Å². The third kappa shape index (κ3) is 3.46. The number of nitrogens with zero attached hydrogens (tertiary/aromatic N) is 4. The molecule has 0 aliphatic heterocycles. The number of hydrogen-bond donors (Lipinski definition) is 1. The van der Waals surface area contributed by atoms with Crippen molar-refractivity contribution in [2.75, 3.05) is 32.9 Å². The second-order valence-electron chi connectivity index (χ2n) is 4.58. The van der Waals surface area contributed by atoms with Crippen LogP contribution in [-0.4, -0.2) is 58.6 Å². The van der Waals surface area contributed by atoms with Gasteiger partial charge in [-0.1, -0.05) is 6.92 Å². The third-order valence-electron chi connectivity index (χ3n) is 2.82. The van der Waals surface area contributed by atoms with E-state index in [1.807, 2.05) is 6.92 Å². The first-order valence-corrected chi connectivity index (χ1v) is 6.15. The molecular formula is C12H21N5O2. The zero-order chi connectivity index (χ0) is 14.6. The number of anilines is 1. The minimum atomic E-state index is -0.261. The first kappa shape index (κ1) is 15.0. The molecule has 1 heterocycles. The summed E-state index contributed by atoms with van der Waals surface area (Å²) in [5.74, 6) is -0.0738. The molecule has 0 aliphatic carbocycles. The van der Waals surface area contributed by atoms with Gasteiger partial charge in [0.1, 0.15) is 17.9 Å². The summed E-state index contributed by atoms with van der Waals surface area (Å²) < 4.78 is 1.44. The molecule has 0 aliphatic rings. The molecule has 0 fully saturated rings. The SMILES string of the molecule is CCCN(CC(=O)N(C)C)C(=O)c1cnn(C)c1N. The van der Waals surface area contributed by atoms with E-state index >= 15 is 0 Å². The van der Waals surface area contributed by atoms with Crippen molar-refractivity contribution in [1.29, 1.82) is 0 Å². The Balaban J connectivity index is 2.90. The summed E-state index contributed by atoms with van der Waals surface area (Å²) in [5.41, 5.74) is 6.12. The van der Waals surface area contributed by atoms with Gasteiger partial charge in [0, 0.05) is 27.7 Å². The van der Waals surface area contributed by atoms with Crippen molar-refractivity contribution in [1.82, 2.24) is 19.6 Å². The monoisotopic (exact) mass is 267 g/mol. The molecule has 2 N–H and O–H groups in total. The predicted octanol–water partition coefficient (Wildman–Crippen LogP) is -0.0573. The lowest BCUT2D eigenvalue weighted by atomic mass is 10.2. The minimum Gasteiger partial charge on any atom is -0.383 e. The number of likely N-dealkylation sites (N-methyl/N-ethyl adjacent to an activating group) is 1. The van der Waals surface area contributed by atoms with Crippen LogP contribution in [0.3, 0.4) is 0 Å². The highest BCUT2D eigenvalue weighted by molar-refractivity contribution is 5.99. The van der Waals surface area contributed by atoms with Gasteiger partial charge in [0.05, 0.1) is 6.20 Å². The maximum Gasteiger partial charge on any atom is 0.259 e. The Morgan fingerprint density at radius 2 is 2.05 bits per heavy atom. The van der Waals surface area contributed by atoms with Crippen LogP contribution in [0.15, 0.2) is 6.20 Å². The van der Waals surface area contributed by atoms with E-state index in [-0.39, 0.29) is 18.4 Å². The average Bonchev–Trinajstić information content (AvgIpc) is 2.68. The summed E-state index contributed by atoms with van der Waals surface area (Å²) in [6.45, 7) is 2.51. The van der Waals surface area contributed by atoms with Gasteiger partial charge in [0.25, 0.3) is 5.91 Å². The van der Waals surface area contributed by atoms with Crippen molar-refractivity contribution in [3.8, 4) is 0 Å². The van der Waals surface area contributed by atoms with Crippen LogP contribution < -0.4 is 5.73 Å². The lowest BCUT2D eigenvalue weighted by Crippen LogP contribution is -2.40. The molecule has 1 aromatic rings. The molecule has 19 heavy (non-hydrogen) atoms. The average molecular weight is 267 g/mol. The van der Waals surface area contributed by atoms with Gasteiger partial charge in [-0.2, -0.15) is 5.10 Å². The topological polar surface area (TPSA) is 84.5 Å². The predicted molar refractivity (Wildman–Crippen MR) is 72.5 cm³/mol. The standard InChI is InChI=1S/C12H21N5O2/c1-5-6-17(8-10(18)15(2)3)12(19)9-7-14-16(4)11(9)13/h7H,5-6,8,13H2,1-4H3. The normalized spacial score (nSPS) is 10.3. The molecule has 1 rings (SSSR count). The van der Waals surface area contributed by atoms with E-state index < -0.39 is 0 Å². The largest absolute Gasteiger partial charge is 0.383 e. The van der Waals surface area contributed by atoms with E-state index in [0.29, 0.717) is 17.9 Å². The van der Waals surface area contributed by atoms with Crippen LogP contribution in [0, 0.1) is 0 Å². The fraction of sp³-hybridized carbons (Fsp3) is 0.583. The third-order valence-corrected chi connectivity index (χ3v) is 2.82. The van der Waals surface area contributed by atoms with E-state index in [1.54, 1.807) is 21.1 Å². The smallest absolute Gasteiger partial charge is 0.259 e. The minimum absolute atomic E-state index is 0.0496. The summed E-state index contributed by atoms with van der Waals surface area (Å²) in [6.07, 6.45) is 2.20. The number of carbonyl (C=O) groups is 2. The van der Waals surface area contributed by atoms with Crippen molar-refractivity contribution < 1.29 is 9.59 Å². The van der Waals surface area contributed by atoms with Crippen molar-refractivity contribution in [2.24, 2.45) is 7.05 Å². The van der Waals surface area contributed by atoms with Crippen LogP contribution in [0.1, 0.15) is 23.7 Å². The Kier molecular flexibility index (Phi) is 4.91. The van der Waals surface area contributed by atoms with Crippen LogP contribution >= 0.6 is 0 Å². The van der Waals surface area contributed by atoms with Gasteiger partial charge < -0.3 is 15.5 Å². The van der Waals surface area contributed by atoms with E-state index in [0.717, 1.165) is 6.42 Å². The number of carbonyl (C=O) groups excluding carboxylic acids is 2. The molecule has 0 aromatic carbocycles. The summed E-state index contributed by atoms with van der Waals surface area (Å²) in [7, 11) is 4.99. The number of amides is 2. The Labute approximate surface area is 113 Å². The van der Waals surface area contributed by atoms with E-state index in [2.05, 4.69) is 5.10 Å². The van der Waals surface area contributed by atoms with Crippen molar-refractivity contribution in [3.05, 3.63) is 11.8 Å². The highest BCUT2D eigenvalue weighted by atomic mass is 16.2. The summed E-state index contributed by atoms with van der Waals surface area (Å²) >= 11 is 0. The lowest BCUT2D eigenvalue weighted by Gasteiger charge is -2.23. The molecule has 2 amide bonds. The molecule has 0 saturated carbocycles. The molecule has 1 aromatic heterocycles. The van der Waals surface area contributed by atoms with Crippen molar-refractivity contribution >= 4 is 17.6 Å². The molecule has 0 atom stereocenters. The van der Waals surface area contributed by atoms with Gasteiger partial charge in [0.15, 0.2) is 0 Å². The zero-order valence-corrected chi connectivity index (χ0v) is 11.9. The quantitative estimate of drug-likeness (QED) is 0.810. The number of nitrogen functional groups attached to an aromatic ring is 1. The Morgan fingerprint density at radius 1 is 1.42 bits per heavy atom. The number of hydrogen-bond acceptors (Lipinski definition) is 4. The van der Waals surface area contributed by atoms with Gasteiger partial charge in [0.2, 0.25) is 5.91 Å². The summed E-state index contributed by atoms with van der Waals surface area (Å²) in [4.78, 5) is 27.0. The van der Waals surface area contributed by atoms with Crippen LogP contribution in [0.2, 0.25) is 0 Å². The Hall–Kier alpha value is -2.05. The molecule has 0 spiro atoms. The maximum atomic E-state index is 12.3. The first-order valence-electron chi connectivity index (χ1n) is 6.15. The maximum absolute atomic E-state index is 12.3. The first-order chi connectivity index (χ1) is 8.88. The van der Waals surface area contributed by atoms with Crippen LogP contribution in [0.25, 0.3) is 0 Å². The van der Waals surface area contributed by atoms with Crippen molar-refractivity contribution in [3.63, 3.8) is 0 Å². The highest BCUT2D eigenvalue weighted by Gasteiger charge is 2.22. The second kappa shape index (κ2) is 6.21. The number of aromatic nitrogens is 2. The number of aryl methyl sites for hydroxylation is 1. The van der Waals surface area contributed by atoms with Gasteiger partial charge in [-0.15, -0.1) is 0 Å². The Morgan fingerprint density at radius 3 is 2.47 bits per heavy atom. The zero-order valence-electron chi connectivity index (χ0n) is 11.9. The molecule has 0 unspecified atom stereocenters. The van der Waals surface area contributed by atoms with Gasteiger partial charge in [-0.05, 0) is 6.42 Å². The second-order valence-corrected chi connectivity index (χ2v) is 4.58. The lowest BCUT2D eigenvalue weighted by molar-refractivity contribution is -0.129. The van der Waals surface area contributed by atoms with Crippen LogP contribution in [-0.2, 0) is 11.8 Å². The van der Waals surface area contributed by atoms with Gasteiger partial charge in [-0.25, -0.2) is 0 Å². The van der Waals surface area contributed by atoms with E-state index in [9.17, 15) is 9.59 Å².